The van der Waals surface area contributed by atoms with Crippen molar-refractivity contribution in [2.75, 3.05) is 18.0 Å². The number of thioether (sulfide) groups is 1. The Labute approximate surface area is 113 Å². The van der Waals surface area contributed by atoms with Crippen molar-refractivity contribution in [2.45, 2.75) is 32.1 Å². The SMILES string of the molecule is Cc1cc(N)cc(C(=O)N2CCSC(C)C2C)c1. The van der Waals surface area contributed by atoms with E-state index >= 15 is 0 Å². The second-order valence-electron chi connectivity index (χ2n) is 4.95. The van der Waals surface area contributed by atoms with Crippen molar-refractivity contribution in [3.8, 4) is 0 Å². The molecule has 0 saturated carbocycles. The molecular weight excluding hydrogens is 244 g/mol. The van der Waals surface area contributed by atoms with Crippen molar-refractivity contribution in [1.82, 2.24) is 4.90 Å². The lowest BCUT2D eigenvalue weighted by molar-refractivity contribution is 0.0698. The van der Waals surface area contributed by atoms with Crippen LogP contribution in [0.1, 0.15) is 29.8 Å². The summed E-state index contributed by atoms with van der Waals surface area (Å²) >= 11 is 1.93. The maximum atomic E-state index is 12.5. The molecule has 1 fully saturated rings. The molecule has 1 aliphatic rings. The zero-order valence-corrected chi connectivity index (χ0v) is 12.0. The molecule has 0 aliphatic carbocycles. The molecule has 4 heteroatoms. The lowest BCUT2D eigenvalue weighted by Gasteiger charge is -2.37. The van der Waals surface area contributed by atoms with Gasteiger partial charge in [0.2, 0.25) is 0 Å². The minimum atomic E-state index is 0.102. The average molecular weight is 264 g/mol. The van der Waals surface area contributed by atoms with Gasteiger partial charge in [-0.15, -0.1) is 0 Å². The van der Waals surface area contributed by atoms with E-state index in [2.05, 4.69) is 13.8 Å². The quantitative estimate of drug-likeness (QED) is 0.793. The molecule has 0 aromatic heterocycles. The van der Waals surface area contributed by atoms with Crippen LogP contribution in [0.4, 0.5) is 5.69 Å². The number of carbonyl (C=O) groups is 1. The number of nitrogen functional groups attached to an aromatic ring is 1. The van der Waals surface area contributed by atoms with Crippen molar-refractivity contribution in [2.24, 2.45) is 0 Å². The third-order valence-electron chi connectivity index (χ3n) is 3.49. The van der Waals surface area contributed by atoms with Crippen molar-refractivity contribution in [3.05, 3.63) is 29.3 Å². The van der Waals surface area contributed by atoms with Crippen LogP contribution >= 0.6 is 11.8 Å². The molecular formula is C14H20N2OS. The van der Waals surface area contributed by atoms with Crippen molar-refractivity contribution in [1.29, 1.82) is 0 Å². The first-order chi connectivity index (χ1) is 8.49. The molecule has 1 aromatic carbocycles. The van der Waals surface area contributed by atoms with E-state index < -0.39 is 0 Å². The molecule has 1 aliphatic heterocycles. The van der Waals surface area contributed by atoms with Gasteiger partial charge in [-0.25, -0.2) is 0 Å². The Bertz CT molecular complexity index is 441. The summed E-state index contributed by atoms with van der Waals surface area (Å²) in [4.78, 5) is 14.5. The summed E-state index contributed by atoms with van der Waals surface area (Å²) in [5, 5.41) is 0.491. The number of nitrogens with zero attached hydrogens (tertiary/aromatic N) is 1. The Morgan fingerprint density at radius 1 is 1.39 bits per heavy atom. The maximum absolute atomic E-state index is 12.5. The first-order valence-electron chi connectivity index (χ1n) is 6.29. The molecule has 1 heterocycles. The Kier molecular flexibility index (Phi) is 3.85. The third-order valence-corrected chi connectivity index (χ3v) is 4.83. The molecule has 1 amide bonds. The van der Waals surface area contributed by atoms with Gasteiger partial charge < -0.3 is 10.6 Å². The van der Waals surface area contributed by atoms with Gasteiger partial charge in [-0.2, -0.15) is 11.8 Å². The first-order valence-corrected chi connectivity index (χ1v) is 7.33. The number of benzene rings is 1. The highest BCUT2D eigenvalue weighted by Gasteiger charge is 2.29. The Hall–Kier alpha value is -1.16. The van der Waals surface area contributed by atoms with Crippen LogP contribution in [0.5, 0.6) is 0 Å². The highest BCUT2D eigenvalue weighted by molar-refractivity contribution is 8.00. The van der Waals surface area contributed by atoms with Gasteiger partial charge in [-0.3, -0.25) is 4.79 Å². The van der Waals surface area contributed by atoms with E-state index in [1.165, 1.54) is 0 Å². The summed E-state index contributed by atoms with van der Waals surface area (Å²) < 4.78 is 0. The molecule has 0 bridgehead atoms. The van der Waals surface area contributed by atoms with Crippen LogP contribution in [-0.4, -0.2) is 34.4 Å². The van der Waals surface area contributed by atoms with E-state index in [1.54, 1.807) is 6.07 Å². The number of anilines is 1. The molecule has 0 spiro atoms. The van der Waals surface area contributed by atoms with Crippen LogP contribution in [0.25, 0.3) is 0 Å². The molecule has 1 aromatic rings. The lowest BCUT2D eigenvalue weighted by atomic mass is 10.1. The first kappa shape index (κ1) is 13.3. The van der Waals surface area contributed by atoms with Crippen LogP contribution < -0.4 is 5.73 Å². The van der Waals surface area contributed by atoms with Crippen LogP contribution in [0, 0.1) is 6.92 Å². The van der Waals surface area contributed by atoms with E-state index in [0.29, 0.717) is 16.5 Å². The fourth-order valence-electron chi connectivity index (χ4n) is 2.32. The molecule has 2 rings (SSSR count). The van der Waals surface area contributed by atoms with E-state index in [-0.39, 0.29) is 11.9 Å². The molecule has 2 unspecified atom stereocenters. The second kappa shape index (κ2) is 5.22. The molecule has 3 nitrogen and oxygen atoms in total. The van der Waals surface area contributed by atoms with Gasteiger partial charge in [-0.05, 0) is 37.6 Å². The minimum absolute atomic E-state index is 0.102. The number of carbonyl (C=O) groups excluding carboxylic acids is 1. The summed E-state index contributed by atoms with van der Waals surface area (Å²) in [6.07, 6.45) is 0. The zero-order valence-electron chi connectivity index (χ0n) is 11.1. The number of nitrogens with two attached hydrogens (primary N) is 1. The van der Waals surface area contributed by atoms with Gasteiger partial charge in [0.15, 0.2) is 0 Å². The molecule has 0 radical (unpaired) electrons. The molecule has 2 atom stereocenters. The summed E-state index contributed by atoms with van der Waals surface area (Å²) in [7, 11) is 0. The molecule has 2 N–H and O–H groups in total. The summed E-state index contributed by atoms with van der Waals surface area (Å²) in [6.45, 7) is 7.08. The van der Waals surface area contributed by atoms with Gasteiger partial charge >= 0.3 is 0 Å². The fraction of sp³-hybridized carbons (Fsp3) is 0.500. The van der Waals surface area contributed by atoms with Crippen molar-refractivity contribution in [3.63, 3.8) is 0 Å². The van der Waals surface area contributed by atoms with Gasteiger partial charge in [0.1, 0.15) is 0 Å². The monoisotopic (exact) mass is 264 g/mol. The summed E-state index contributed by atoms with van der Waals surface area (Å²) in [6, 6.07) is 5.85. The fourth-order valence-corrected chi connectivity index (χ4v) is 3.42. The van der Waals surface area contributed by atoms with Crippen LogP contribution in [0.2, 0.25) is 0 Å². The van der Waals surface area contributed by atoms with E-state index in [4.69, 9.17) is 5.73 Å². The number of aryl methyl sites for hydroxylation is 1. The van der Waals surface area contributed by atoms with Crippen LogP contribution in [0.15, 0.2) is 18.2 Å². The minimum Gasteiger partial charge on any atom is -0.399 e. The van der Waals surface area contributed by atoms with Crippen LogP contribution in [0.3, 0.4) is 0 Å². The third kappa shape index (κ3) is 2.64. The molecule has 1 saturated heterocycles. The predicted molar refractivity (Wildman–Crippen MR) is 78.0 cm³/mol. The number of rotatable bonds is 1. The Balaban J connectivity index is 2.24. The Morgan fingerprint density at radius 2 is 2.11 bits per heavy atom. The molecule has 98 valence electrons. The zero-order chi connectivity index (χ0) is 13.3. The lowest BCUT2D eigenvalue weighted by Crippen LogP contribution is -2.48. The van der Waals surface area contributed by atoms with Gasteiger partial charge in [-0.1, -0.05) is 6.92 Å². The largest absolute Gasteiger partial charge is 0.399 e. The normalized spacial score (nSPS) is 24.1. The highest BCUT2D eigenvalue weighted by Crippen LogP contribution is 2.26. The number of hydrogen-bond donors (Lipinski definition) is 1. The number of hydrogen-bond acceptors (Lipinski definition) is 3. The van der Waals surface area contributed by atoms with E-state index in [9.17, 15) is 4.79 Å². The Morgan fingerprint density at radius 3 is 2.78 bits per heavy atom. The van der Waals surface area contributed by atoms with Gasteiger partial charge in [0, 0.05) is 34.8 Å². The van der Waals surface area contributed by atoms with Crippen molar-refractivity contribution < 1.29 is 4.79 Å². The van der Waals surface area contributed by atoms with Gasteiger partial charge in [0.05, 0.1) is 0 Å². The molecule has 18 heavy (non-hydrogen) atoms. The smallest absolute Gasteiger partial charge is 0.254 e. The maximum Gasteiger partial charge on any atom is 0.254 e. The van der Waals surface area contributed by atoms with Crippen molar-refractivity contribution >= 4 is 23.4 Å². The highest BCUT2D eigenvalue weighted by atomic mass is 32.2. The summed E-state index contributed by atoms with van der Waals surface area (Å²) in [5.41, 5.74) is 8.21. The summed E-state index contributed by atoms with van der Waals surface area (Å²) in [5.74, 6) is 1.11. The van der Waals surface area contributed by atoms with Crippen LogP contribution in [-0.2, 0) is 0 Å². The van der Waals surface area contributed by atoms with E-state index in [0.717, 1.165) is 17.9 Å². The number of amides is 1. The van der Waals surface area contributed by atoms with Gasteiger partial charge in [0.25, 0.3) is 5.91 Å². The average Bonchev–Trinajstić information content (AvgIpc) is 2.30. The topological polar surface area (TPSA) is 46.3 Å². The second-order valence-corrected chi connectivity index (χ2v) is 6.43. The predicted octanol–water partition coefficient (Wildman–Crippen LogP) is 2.54. The standard InChI is InChI=1S/C14H20N2OS/c1-9-6-12(8-13(15)7-9)14(17)16-4-5-18-11(3)10(16)2/h6-8,10-11H,4-5,15H2,1-3H3. The van der Waals surface area contributed by atoms with E-state index in [1.807, 2.05) is 35.7 Å².